The molecule has 0 aliphatic carbocycles. The lowest BCUT2D eigenvalue weighted by Gasteiger charge is -2.09. The van der Waals surface area contributed by atoms with E-state index in [0.717, 1.165) is 0 Å². The van der Waals surface area contributed by atoms with Crippen LogP contribution in [-0.4, -0.2) is 17.5 Å². The van der Waals surface area contributed by atoms with Crippen molar-refractivity contribution in [1.82, 2.24) is 4.98 Å². The summed E-state index contributed by atoms with van der Waals surface area (Å²) in [6.07, 6.45) is 3.23. The second-order valence-electron chi connectivity index (χ2n) is 3.88. The minimum atomic E-state index is -0.221. The number of benzene rings is 1. The molecule has 0 saturated carbocycles. The van der Waals surface area contributed by atoms with Crippen LogP contribution in [0.2, 0.25) is 0 Å². The van der Waals surface area contributed by atoms with Gasteiger partial charge in [-0.1, -0.05) is 0 Å². The van der Waals surface area contributed by atoms with Gasteiger partial charge in [0.05, 0.1) is 12.3 Å². The zero-order valence-electron chi connectivity index (χ0n) is 10.6. The van der Waals surface area contributed by atoms with E-state index in [1.165, 1.54) is 0 Å². The third-order valence-corrected chi connectivity index (χ3v) is 2.51. The Kier molecular flexibility index (Phi) is 3.97. The Morgan fingerprint density at radius 2 is 2.05 bits per heavy atom. The van der Waals surface area contributed by atoms with Gasteiger partial charge in [-0.15, -0.1) is 0 Å². The summed E-state index contributed by atoms with van der Waals surface area (Å²) >= 11 is 0. The van der Waals surface area contributed by atoms with Crippen LogP contribution in [0.15, 0.2) is 42.7 Å². The van der Waals surface area contributed by atoms with Crippen molar-refractivity contribution in [2.24, 2.45) is 0 Å². The standard InChI is InChI=1S/C14H15N3O2/c1-2-19-13-4-3-10(9-12(13)15)14(18)17-11-5-7-16-8-6-11/h3-9H,2,15H2,1H3,(H,16,17,18). The number of anilines is 2. The maximum Gasteiger partial charge on any atom is 0.255 e. The molecule has 98 valence electrons. The highest BCUT2D eigenvalue weighted by molar-refractivity contribution is 6.04. The molecule has 2 aromatic rings. The number of amides is 1. The summed E-state index contributed by atoms with van der Waals surface area (Å²) in [6, 6.07) is 8.41. The van der Waals surface area contributed by atoms with E-state index in [2.05, 4.69) is 10.3 Å². The van der Waals surface area contributed by atoms with Gasteiger partial charge in [0.2, 0.25) is 0 Å². The topological polar surface area (TPSA) is 77.2 Å². The molecule has 1 aromatic heterocycles. The van der Waals surface area contributed by atoms with Gasteiger partial charge in [-0.3, -0.25) is 9.78 Å². The molecule has 1 heterocycles. The maximum atomic E-state index is 12.0. The van der Waals surface area contributed by atoms with Gasteiger partial charge in [-0.05, 0) is 37.3 Å². The SMILES string of the molecule is CCOc1ccc(C(=O)Nc2ccncc2)cc1N. The lowest BCUT2D eigenvalue weighted by molar-refractivity contribution is 0.102. The number of ether oxygens (including phenoxy) is 1. The summed E-state index contributed by atoms with van der Waals surface area (Å²) in [5.74, 6) is 0.365. The van der Waals surface area contributed by atoms with Crippen molar-refractivity contribution in [2.45, 2.75) is 6.92 Å². The van der Waals surface area contributed by atoms with Gasteiger partial charge in [0.25, 0.3) is 5.91 Å². The van der Waals surface area contributed by atoms with E-state index in [1.54, 1.807) is 42.7 Å². The summed E-state index contributed by atoms with van der Waals surface area (Å²) in [6.45, 7) is 2.41. The molecule has 0 bridgehead atoms. The number of hydrogen-bond acceptors (Lipinski definition) is 4. The zero-order chi connectivity index (χ0) is 13.7. The fourth-order valence-corrected chi connectivity index (χ4v) is 1.62. The van der Waals surface area contributed by atoms with Gasteiger partial charge >= 0.3 is 0 Å². The zero-order valence-corrected chi connectivity index (χ0v) is 10.6. The first-order valence-corrected chi connectivity index (χ1v) is 5.94. The number of aromatic nitrogens is 1. The third kappa shape index (κ3) is 3.22. The van der Waals surface area contributed by atoms with Crippen LogP contribution >= 0.6 is 0 Å². The number of nitrogens with one attached hydrogen (secondary N) is 1. The monoisotopic (exact) mass is 257 g/mol. The highest BCUT2D eigenvalue weighted by atomic mass is 16.5. The second kappa shape index (κ2) is 5.86. The fourth-order valence-electron chi connectivity index (χ4n) is 1.62. The van der Waals surface area contributed by atoms with Gasteiger partial charge < -0.3 is 15.8 Å². The Morgan fingerprint density at radius 1 is 1.32 bits per heavy atom. The summed E-state index contributed by atoms with van der Waals surface area (Å²) < 4.78 is 5.32. The van der Waals surface area contributed by atoms with E-state index >= 15 is 0 Å². The Hall–Kier alpha value is -2.56. The number of rotatable bonds is 4. The quantitative estimate of drug-likeness (QED) is 0.824. The Bertz CT molecular complexity index is 570. The molecule has 5 nitrogen and oxygen atoms in total. The summed E-state index contributed by atoms with van der Waals surface area (Å²) in [5.41, 5.74) is 7.44. The van der Waals surface area contributed by atoms with Crippen LogP contribution in [0.1, 0.15) is 17.3 Å². The van der Waals surface area contributed by atoms with Crippen molar-refractivity contribution in [3.8, 4) is 5.75 Å². The van der Waals surface area contributed by atoms with Crippen LogP contribution in [0, 0.1) is 0 Å². The van der Waals surface area contributed by atoms with Gasteiger partial charge in [-0.25, -0.2) is 0 Å². The molecule has 1 aromatic carbocycles. The van der Waals surface area contributed by atoms with E-state index in [9.17, 15) is 4.79 Å². The predicted octanol–water partition coefficient (Wildman–Crippen LogP) is 2.31. The van der Waals surface area contributed by atoms with E-state index in [4.69, 9.17) is 10.5 Å². The van der Waals surface area contributed by atoms with Gasteiger partial charge in [0, 0.05) is 23.6 Å². The highest BCUT2D eigenvalue weighted by Crippen LogP contribution is 2.23. The number of nitrogens with two attached hydrogens (primary N) is 1. The minimum absolute atomic E-state index is 0.221. The first-order chi connectivity index (χ1) is 9.20. The first kappa shape index (κ1) is 12.9. The molecule has 2 rings (SSSR count). The first-order valence-electron chi connectivity index (χ1n) is 5.94. The van der Waals surface area contributed by atoms with Crippen LogP contribution in [0.4, 0.5) is 11.4 Å². The summed E-state index contributed by atoms with van der Waals surface area (Å²) in [7, 11) is 0. The Morgan fingerprint density at radius 3 is 2.68 bits per heavy atom. The number of pyridine rings is 1. The molecule has 5 heteroatoms. The van der Waals surface area contributed by atoms with E-state index in [1.807, 2.05) is 6.92 Å². The molecule has 19 heavy (non-hydrogen) atoms. The average molecular weight is 257 g/mol. The van der Waals surface area contributed by atoms with Crippen LogP contribution in [0.25, 0.3) is 0 Å². The molecule has 0 atom stereocenters. The Labute approximate surface area is 111 Å². The number of hydrogen-bond donors (Lipinski definition) is 2. The highest BCUT2D eigenvalue weighted by Gasteiger charge is 2.09. The summed E-state index contributed by atoms with van der Waals surface area (Å²) in [4.78, 5) is 15.9. The molecule has 0 saturated heterocycles. The van der Waals surface area contributed by atoms with E-state index in [0.29, 0.717) is 29.3 Å². The molecule has 1 amide bonds. The van der Waals surface area contributed by atoms with Crippen molar-refractivity contribution < 1.29 is 9.53 Å². The fraction of sp³-hybridized carbons (Fsp3) is 0.143. The van der Waals surface area contributed by atoms with Gasteiger partial charge in [-0.2, -0.15) is 0 Å². The smallest absolute Gasteiger partial charge is 0.255 e. The van der Waals surface area contributed by atoms with Crippen molar-refractivity contribution in [1.29, 1.82) is 0 Å². The second-order valence-corrected chi connectivity index (χ2v) is 3.88. The molecule has 0 spiro atoms. The molecule has 0 unspecified atom stereocenters. The molecular weight excluding hydrogens is 242 g/mol. The molecule has 0 aliphatic heterocycles. The van der Waals surface area contributed by atoms with Crippen molar-refractivity contribution >= 4 is 17.3 Å². The van der Waals surface area contributed by atoms with Crippen molar-refractivity contribution in [2.75, 3.05) is 17.7 Å². The molecular formula is C14H15N3O2. The lowest BCUT2D eigenvalue weighted by atomic mass is 10.1. The number of carbonyl (C=O) groups is 1. The van der Waals surface area contributed by atoms with E-state index < -0.39 is 0 Å². The van der Waals surface area contributed by atoms with Crippen LogP contribution in [0.5, 0.6) is 5.75 Å². The van der Waals surface area contributed by atoms with Gasteiger partial charge in [0.15, 0.2) is 0 Å². The maximum absolute atomic E-state index is 12.0. The van der Waals surface area contributed by atoms with E-state index in [-0.39, 0.29) is 5.91 Å². The number of carbonyl (C=O) groups excluding carboxylic acids is 1. The summed E-state index contributed by atoms with van der Waals surface area (Å²) in [5, 5.41) is 2.76. The minimum Gasteiger partial charge on any atom is -0.492 e. The molecule has 0 aliphatic rings. The predicted molar refractivity (Wildman–Crippen MR) is 74.2 cm³/mol. The number of nitrogens with zero attached hydrogens (tertiary/aromatic N) is 1. The van der Waals surface area contributed by atoms with Gasteiger partial charge in [0.1, 0.15) is 5.75 Å². The number of nitrogen functional groups attached to an aromatic ring is 1. The normalized spacial score (nSPS) is 9.95. The van der Waals surface area contributed by atoms with Crippen LogP contribution in [0.3, 0.4) is 0 Å². The third-order valence-electron chi connectivity index (χ3n) is 2.51. The molecule has 0 radical (unpaired) electrons. The lowest BCUT2D eigenvalue weighted by Crippen LogP contribution is -2.12. The van der Waals surface area contributed by atoms with Crippen molar-refractivity contribution in [3.05, 3.63) is 48.3 Å². The molecule has 3 N–H and O–H groups in total. The van der Waals surface area contributed by atoms with Crippen LogP contribution in [-0.2, 0) is 0 Å². The largest absolute Gasteiger partial charge is 0.492 e. The Balaban J connectivity index is 2.14. The van der Waals surface area contributed by atoms with Crippen LogP contribution < -0.4 is 15.8 Å². The average Bonchev–Trinajstić information content (AvgIpc) is 2.42. The van der Waals surface area contributed by atoms with Crippen molar-refractivity contribution in [3.63, 3.8) is 0 Å². The molecule has 0 fully saturated rings.